The molecule has 4 aromatic rings. The van der Waals surface area contributed by atoms with E-state index in [0.717, 1.165) is 37.4 Å². The maximum Gasteiger partial charge on any atom is 0.323 e. The Morgan fingerprint density at radius 3 is 2.45 bits per heavy atom. The SMILES string of the molecule is CC1(C)SCCN(S(=O)(=O)c2ccc(-c3cccc4oc5ccccc5c34)cc2)[C@H]1C(=O)O. The van der Waals surface area contributed by atoms with E-state index in [0.29, 0.717) is 5.75 Å². The number of rotatable bonds is 4. The van der Waals surface area contributed by atoms with Crippen molar-refractivity contribution in [3.05, 3.63) is 66.7 Å². The molecular weight excluding hydrogens is 458 g/mol. The molecule has 5 rings (SSSR count). The van der Waals surface area contributed by atoms with Crippen molar-refractivity contribution in [1.82, 2.24) is 4.31 Å². The van der Waals surface area contributed by atoms with E-state index in [1.54, 1.807) is 38.1 Å². The molecule has 0 unspecified atom stereocenters. The van der Waals surface area contributed by atoms with Crippen LogP contribution in [0.1, 0.15) is 13.8 Å². The third-order valence-electron chi connectivity index (χ3n) is 6.14. The Labute approximate surface area is 196 Å². The van der Waals surface area contributed by atoms with E-state index < -0.39 is 26.8 Å². The molecule has 6 nitrogen and oxygen atoms in total. The Morgan fingerprint density at radius 1 is 1.03 bits per heavy atom. The van der Waals surface area contributed by atoms with Crippen molar-refractivity contribution in [3.8, 4) is 11.1 Å². The smallest absolute Gasteiger partial charge is 0.323 e. The Hall–Kier alpha value is -2.81. The second-order valence-electron chi connectivity index (χ2n) is 8.61. The second-order valence-corrected chi connectivity index (χ2v) is 12.2. The minimum atomic E-state index is -3.97. The van der Waals surface area contributed by atoms with Gasteiger partial charge in [-0.2, -0.15) is 16.1 Å². The fourth-order valence-electron chi connectivity index (χ4n) is 4.59. The molecule has 1 atom stereocenters. The van der Waals surface area contributed by atoms with Crippen LogP contribution < -0.4 is 0 Å². The van der Waals surface area contributed by atoms with Gasteiger partial charge in [-0.25, -0.2) is 8.42 Å². The normalized spacial score (nSPS) is 19.2. The highest BCUT2D eigenvalue weighted by atomic mass is 32.2. The van der Waals surface area contributed by atoms with Crippen molar-refractivity contribution in [2.45, 2.75) is 29.5 Å². The lowest BCUT2D eigenvalue weighted by Crippen LogP contribution is -2.58. The summed E-state index contributed by atoms with van der Waals surface area (Å²) in [6.07, 6.45) is 0. The minimum Gasteiger partial charge on any atom is -0.480 e. The highest BCUT2D eigenvalue weighted by Crippen LogP contribution is 2.39. The standard InChI is InChI=1S/C25H23NO5S2/c1-25(2)23(24(27)28)26(14-15-32-25)33(29,30)17-12-10-16(11-13-17)18-7-5-9-21-22(18)19-6-3-4-8-20(19)31-21/h3-13,23H,14-15H2,1-2H3,(H,27,28)/t23-/m0/s1. The number of carbonyl (C=O) groups is 1. The molecule has 0 spiro atoms. The van der Waals surface area contributed by atoms with Crippen molar-refractivity contribution < 1.29 is 22.7 Å². The molecule has 1 N–H and O–H groups in total. The predicted octanol–water partition coefficient (Wildman–Crippen LogP) is 5.22. The fraction of sp³-hybridized carbons (Fsp3) is 0.240. The van der Waals surface area contributed by atoms with Crippen molar-refractivity contribution in [3.63, 3.8) is 0 Å². The van der Waals surface area contributed by atoms with Gasteiger partial charge in [-0.1, -0.05) is 42.5 Å². The summed E-state index contributed by atoms with van der Waals surface area (Å²) >= 11 is 1.48. The number of fused-ring (bicyclic) bond motifs is 3. The van der Waals surface area contributed by atoms with Crippen LogP contribution in [-0.2, 0) is 14.8 Å². The Kier molecular flexibility index (Phi) is 5.27. The van der Waals surface area contributed by atoms with Gasteiger partial charge in [-0.15, -0.1) is 0 Å². The monoisotopic (exact) mass is 481 g/mol. The molecule has 0 amide bonds. The van der Waals surface area contributed by atoms with Crippen LogP contribution in [0.3, 0.4) is 0 Å². The van der Waals surface area contributed by atoms with E-state index in [-0.39, 0.29) is 11.4 Å². The van der Waals surface area contributed by atoms with Crippen LogP contribution in [0.5, 0.6) is 0 Å². The lowest BCUT2D eigenvalue weighted by atomic mass is 10.00. The van der Waals surface area contributed by atoms with Gasteiger partial charge >= 0.3 is 5.97 Å². The first-order valence-corrected chi connectivity index (χ1v) is 13.0. The van der Waals surface area contributed by atoms with Gasteiger partial charge in [-0.3, -0.25) is 4.79 Å². The number of para-hydroxylation sites is 1. The number of hydrogen-bond donors (Lipinski definition) is 1. The van der Waals surface area contributed by atoms with Gasteiger partial charge in [0.05, 0.1) is 4.90 Å². The molecule has 1 saturated heterocycles. The second kappa shape index (κ2) is 7.90. The van der Waals surface area contributed by atoms with Crippen LogP contribution in [0.4, 0.5) is 0 Å². The summed E-state index contributed by atoms with van der Waals surface area (Å²) in [5, 5.41) is 11.8. The van der Waals surface area contributed by atoms with Crippen molar-refractivity contribution in [1.29, 1.82) is 0 Å². The number of thioether (sulfide) groups is 1. The summed E-state index contributed by atoms with van der Waals surface area (Å²) in [6.45, 7) is 3.71. The summed E-state index contributed by atoms with van der Waals surface area (Å²) in [6, 6.07) is 19.1. The molecule has 0 radical (unpaired) electrons. The van der Waals surface area contributed by atoms with Crippen LogP contribution >= 0.6 is 11.8 Å². The van der Waals surface area contributed by atoms with Crippen LogP contribution in [0, 0.1) is 0 Å². The summed E-state index contributed by atoms with van der Waals surface area (Å²) in [5.41, 5.74) is 3.36. The molecule has 0 aliphatic carbocycles. The zero-order valence-electron chi connectivity index (χ0n) is 18.2. The highest BCUT2D eigenvalue weighted by molar-refractivity contribution is 8.00. The average molecular weight is 482 g/mol. The molecular formula is C25H23NO5S2. The zero-order valence-corrected chi connectivity index (χ0v) is 19.8. The molecule has 1 aromatic heterocycles. The molecule has 0 bridgehead atoms. The minimum absolute atomic E-state index is 0.0874. The molecule has 8 heteroatoms. The first kappa shape index (κ1) is 22.0. The predicted molar refractivity (Wildman–Crippen MR) is 131 cm³/mol. The number of nitrogens with zero attached hydrogens (tertiary/aromatic N) is 1. The van der Waals surface area contributed by atoms with E-state index in [1.807, 2.05) is 42.5 Å². The Morgan fingerprint density at radius 2 is 1.73 bits per heavy atom. The molecule has 170 valence electrons. The molecule has 1 aliphatic heterocycles. The maximum absolute atomic E-state index is 13.4. The molecule has 0 saturated carbocycles. The molecule has 1 aliphatic rings. The first-order chi connectivity index (χ1) is 15.7. The van der Waals surface area contributed by atoms with Crippen LogP contribution in [0.2, 0.25) is 0 Å². The largest absolute Gasteiger partial charge is 0.480 e. The van der Waals surface area contributed by atoms with Crippen LogP contribution in [0.15, 0.2) is 76.0 Å². The fourth-order valence-corrected chi connectivity index (χ4v) is 7.69. The number of carboxylic acids is 1. The van der Waals surface area contributed by atoms with E-state index >= 15 is 0 Å². The number of hydrogen-bond acceptors (Lipinski definition) is 5. The van der Waals surface area contributed by atoms with Gasteiger partial charge in [0.1, 0.15) is 17.2 Å². The molecule has 33 heavy (non-hydrogen) atoms. The van der Waals surface area contributed by atoms with E-state index in [1.165, 1.54) is 11.8 Å². The highest BCUT2D eigenvalue weighted by Gasteiger charge is 2.48. The van der Waals surface area contributed by atoms with Gasteiger partial charge in [0.2, 0.25) is 10.0 Å². The topological polar surface area (TPSA) is 87.8 Å². The number of aliphatic carboxylic acids is 1. The summed E-state index contributed by atoms with van der Waals surface area (Å²) in [4.78, 5) is 12.1. The summed E-state index contributed by atoms with van der Waals surface area (Å²) < 4.78 is 33.2. The lowest BCUT2D eigenvalue weighted by Gasteiger charge is -2.42. The first-order valence-electron chi connectivity index (χ1n) is 10.6. The quantitative estimate of drug-likeness (QED) is 0.430. The average Bonchev–Trinajstić information content (AvgIpc) is 3.17. The number of carboxylic acid groups (broad SMARTS) is 1. The molecule has 1 fully saturated rings. The van der Waals surface area contributed by atoms with Gasteiger partial charge < -0.3 is 9.52 Å². The van der Waals surface area contributed by atoms with Gasteiger partial charge in [-0.05, 0) is 49.2 Å². The van der Waals surface area contributed by atoms with Crippen molar-refractivity contribution in [2.24, 2.45) is 0 Å². The number of sulfonamides is 1. The van der Waals surface area contributed by atoms with Gasteiger partial charge in [0.25, 0.3) is 0 Å². The van der Waals surface area contributed by atoms with Gasteiger partial charge in [0.15, 0.2) is 0 Å². The molecule has 2 heterocycles. The van der Waals surface area contributed by atoms with Crippen molar-refractivity contribution >= 4 is 49.7 Å². The van der Waals surface area contributed by atoms with E-state index in [4.69, 9.17) is 4.42 Å². The number of furan rings is 1. The Balaban J connectivity index is 1.56. The van der Waals surface area contributed by atoms with Crippen molar-refractivity contribution in [2.75, 3.05) is 12.3 Å². The zero-order chi connectivity index (χ0) is 23.4. The number of benzene rings is 3. The maximum atomic E-state index is 13.4. The summed E-state index contributed by atoms with van der Waals surface area (Å²) in [5.74, 6) is -0.588. The van der Waals surface area contributed by atoms with E-state index in [9.17, 15) is 18.3 Å². The summed E-state index contributed by atoms with van der Waals surface area (Å²) in [7, 11) is -3.97. The van der Waals surface area contributed by atoms with Crippen LogP contribution in [0.25, 0.3) is 33.1 Å². The van der Waals surface area contributed by atoms with Gasteiger partial charge in [0, 0.05) is 27.8 Å². The van der Waals surface area contributed by atoms with E-state index in [2.05, 4.69) is 0 Å². The third-order valence-corrected chi connectivity index (χ3v) is 9.37. The van der Waals surface area contributed by atoms with Crippen LogP contribution in [-0.4, -0.2) is 46.9 Å². The molecule has 3 aromatic carbocycles. The third kappa shape index (κ3) is 3.62. The Bertz CT molecular complexity index is 1470. The lowest BCUT2D eigenvalue weighted by molar-refractivity contribution is -0.142.